The summed E-state index contributed by atoms with van der Waals surface area (Å²) in [6.07, 6.45) is 1.69. The number of amides is 1. The Labute approximate surface area is 120 Å². The number of nitrogens with one attached hydrogen (secondary N) is 1. The molecule has 0 aliphatic heterocycles. The van der Waals surface area contributed by atoms with Crippen molar-refractivity contribution in [2.24, 2.45) is 0 Å². The fourth-order valence-corrected chi connectivity index (χ4v) is 1.58. The van der Waals surface area contributed by atoms with Crippen LogP contribution in [-0.2, 0) is 9.47 Å². The van der Waals surface area contributed by atoms with Crippen LogP contribution in [0.2, 0.25) is 0 Å². The summed E-state index contributed by atoms with van der Waals surface area (Å²) < 4.78 is 15.5. The van der Waals surface area contributed by atoms with Crippen LogP contribution in [0.5, 0.6) is 5.75 Å². The van der Waals surface area contributed by atoms with Crippen LogP contribution in [0.25, 0.3) is 0 Å². The molecule has 20 heavy (non-hydrogen) atoms. The SMILES string of the molecule is CCCCOc1ccc(C(=O)NCC(OC)OC)cc1. The molecular formula is C15H23NO4. The Balaban J connectivity index is 2.44. The van der Waals surface area contributed by atoms with Gasteiger partial charge in [0.05, 0.1) is 13.2 Å². The van der Waals surface area contributed by atoms with Gasteiger partial charge in [0.1, 0.15) is 5.75 Å². The standard InChI is InChI=1S/C15H23NO4/c1-4-5-10-20-13-8-6-12(7-9-13)15(17)16-11-14(18-2)19-3/h6-9,14H,4-5,10-11H2,1-3H3,(H,16,17). The van der Waals surface area contributed by atoms with E-state index in [1.165, 1.54) is 14.2 Å². The predicted molar refractivity (Wildman–Crippen MR) is 77.0 cm³/mol. The molecule has 0 aliphatic carbocycles. The summed E-state index contributed by atoms with van der Waals surface area (Å²) in [6.45, 7) is 3.12. The second-order valence-electron chi connectivity index (χ2n) is 4.34. The highest BCUT2D eigenvalue weighted by Crippen LogP contribution is 2.12. The maximum atomic E-state index is 11.9. The molecule has 0 radical (unpaired) electrons. The van der Waals surface area contributed by atoms with Gasteiger partial charge in [-0.25, -0.2) is 0 Å². The van der Waals surface area contributed by atoms with E-state index in [-0.39, 0.29) is 5.91 Å². The summed E-state index contributed by atoms with van der Waals surface area (Å²) in [5.74, 6) is 0.617. The minimum Gasteiger partial charge on any atom is -0.494 e. The second kappa shape index (κ2) is 9.34. The first kappa shape index (κ1) is 16.5. The lowest BCUT2D eigenvalue weighted by molar-refractivity contribution is -0.0974. The van der Waals surface area contributed by atoms with Gasteiger partial charge in [-0.2, -0.15) is 0 Å². The smallest absolute Gasteiger partial charge is 0.251 e. The Bertz CT molecular complexity index is 387. The zero-order valence-electron chi connectivity index (χ0n) is 12.3. The van der Waals surface area contributed by atoms with E-state index in [9.17, 15) is 4.79 Å². The molecule has 0 saturated carbocycles. The van der Waals surface area contributed by atoms with Gasteiger partial charge in [-0.1, -0.05) is 13.3 Å². The maximum Gasteiger partial charge on any atom is 0.251 e. The Hall–Kier alpha value is -1.59. The van der Waals surface area contributed by atoms with Crippen molar-refractivity contribution in [2.75, 3.05) is 27.4 Å². The summed E-state index contributed by atoms with van der Waals surface area (Å²) in [4.78, 5) is 11.9. The lowest BCUT2D eigenvalue weighted by Crippen LogP contribution is -2.34. The van der Waals surface area contributed by atoms with E-state index in [0.717, 1.165) is 18.6 Å². The number of hydrogen-bond donors (Lipinski definition) is 1. The van der Waals surface area contributed by atoms with Crippen molar-refractivity contribution in [2.45, 2.75) is 26.1 Å². The molecule has 1 amide bonds. The summed E-state index contributed by atoms with van der Waals surface area (Å²) in [5, 5.41) is 2.74. The highest BCUT2D eigenvalue weighted by Gasteiger charge is 2.09. The second-order valence-corrected chi connectivity index (χ2v) is 4.34. The van der Waals surface area contributed by atoms with Gasteiger partial charge >= 0.3 is 0 Å². The molecular weight excluding hydrogens is 258 g/mol. The van der Waals surface area contributed by atoms with E-state index in [1.807, 2.05) is 0 Å². The van der Waals surface area contributed by atoms with Gasteiger partial charge in [-0.05, 0) is 30.7 Å². The number of ether oxygens (including phenoxy) is 3. The van der Waals surface area contributed by atoms with Crippen molar-refractivity contribution in [3.05, 3.63) is 29.8 Å². The Morgan fingerprint density at radius 3 is 2.40 bits per heavy atom. The van der Waals surface area contributed by atoms with E-state index in [0.29, 0.717) is 18.7 Å². The van der Waals surface area contributed by atoms with Crippen LogP contribution in [0.1, 0.15) is 30.1 Å². The van der Waals surface area contributed by atoms with Crippen LogP contribution in [0, 0.1) is 0 Å². The van der Waals surface area contributed by atoms with E-state index in [1.54, 1.807) is 24.3 Å². The number of benzene rings is 1. The predicted octanol–water partition coefficient (Wildman–Crippen LogP) is 2.21. The molecule has 0 bridgehead atoms. The highest BCUT2D eigenvalue weighted by atomic mass is 16.7. The first-order valence-electron chi connectivity index (χ1n) is 6.78. The minimum absolute atomic E-state index is 0.163. The maximum absolute atomic E-state index is 11.9. The lowest BCUT2D eigenvalue weighted by atomic mass is 10.2. The molecule has 0 atom stereocenters. The van der Waals surface area contributed by atoms with Gasteiger partial charge in [-0.15, -0.1) is 0 Å². The van der Waals surface area contributed by atoms with E-state index < -0.39 is 6.29 Å². The third-order valence-electron chi connectivity index (χ3n) is 2.84. The number of unbranched alkanes of at least 4 members (excludes halogenated alkanes) is 1. The van der Waals surface area contributed by atoms with Gasteiger partial charge in [0, 0.05) is 19.8 Å². The average Bonchev–Trinajstić information content (AvgIpc) is 2.49. The quantitative estimate of drug-likeness (QED) is 0.557. The molecule has 0 saturated heterocycles. The molecule has 5 heteroatoms. The van der Waals surface area contributed by atoms with Crippen LogP contribution >= 0.6 is 0 Å². The molecule has 0 aliphatic rings. The third kappa shape index (κ3) is 5.59. The number of carbonyl (C=O) groups excluding carboxylic acids is 1. The molecule has 1 rings (SSSR count). The Kier molecular flexibility index (Phi) is 7.69. The van der Waals surface area contributed by atoms with Crippen LogP contribution < -0.4 is 10.1 Å². The number of methoxy groups -OCH3 is 2. The molecule has 0 unspecified atom stereocenters. The minimum atomic E-state index is -0.435. The molecule has 112 valence electrons. The molecule has 0 aromatic heterocycles. The van der Waals surface area contributed by atoms with Crippen molar-refractivity contribution < 1.29 is 19.0 Å². The van der Waals surface area contributed by atoms with Crippen molar-refractivity contribution in [1.82, 2.24) is 5.32 Å². The van der Waals surface area contributed by atoms with Crippen molar-refractivity contribution >= 4 is 5.91 Å². The van der Waals surface area contributed by atoms with Crippen LogP contribution in [0.15, 0.2) is 24.3 Å². The van der Waals surface area contributed by atoms with Crippen LogP contribution in [0.3, 0.4) is 0 Å². The zero-order chi connectivity index (χ0) is 14.8. The monoisotopic (exact) mass is 281 g/mol. The molecule has 5 nitrogen and oxygen atoms in total. The summed E-state index contributed by atoms with van der Waals surface area (Å²) >= 11 is 0. The molecule has 1 N–H and O–H groups in total. The number of hydrogen-bond acceptors (Lipinski definition) is 4. The number of carbonyl (C=O) groups is 1. The summed E-state index contributed by atoms with van der Waals surface area (Å²) in [7, 11) is 3.06. The average molecular weight is 281 g/mol. The molecule has 0 spiro atoms. The topological polar surface area (TPSA) is 56.8 Å². The van der Waals surface area contributed by atoms with Gasteiger partial charge in [0.25, 0.3) is 5.91 Å². The lowest BCUT2D eigenvalue weighted by Gasteiger charge is -2.14. The van der Waals surface area contributed by atoms with E-state index in [4.69, 9.17) is 14.2 Å². The Morgan fingerprint density at radius 1 is 1.20 bits per heavy atom. The fraction of sp³-hybridized carbons (Fsp3) is 0.533. The highest BCUT2D eigenvalue weighted by molar-refractivity contribution is 5.94. The van der Waals surface area contributed by atoms with Gasteiger partial charge < -0.3 is 19.5 Å². The third-order valence-corrected chi connectivity index (χ3v) is 2.84. The van der Waals surface area contributed by atoms with E-state index in [2.05, 4.69) is 12.2 Å². The van der Waals surface area contributed by atoms with Crippen LogP contribution in [0.4, 0.5) is 0 Å². The molecule has 0 heterocycles. The molecule has 1 aromatic carbocycles. The first-order chi connectivity index (χ1) is 9.71. The van der Waals surface area contributed by atoms with Crippen LogP contribution in [-0.4, -0.2) is 39.6 Å². The van der Waals surface area contributed by atoms with Crippen molar-refractivity contribution in [3.63, 3.8) is 0 Å². The van der Waals surface area contributed by atoms with E-state index >= 15 is 0 Å². The summed E-state index contributed by atoms with van der Waals surface area (Å²) in [6, 6.07) is 7.08. The van der Waals surface area contributed by atoms with Crippen molar-refractivity contribution in [1.29, 1.82) is 0 Å². The largest absolute Gasteiger partial charge is 0.494 e. The normalized spacial score (nSPS) is 10.6. The van der Waals surface area contributed by atoms with Gasteiger partial charge in [0.15, 0.2) is 6.29 Å². The molecule has 0 fully saturated rings. The molecule has 1 aromatic rings. The van der Waals surface area contributed by atoms with Gasteiger partial charge in [0.2, 0.25) is 0 Å². The Morgan fingerprint density at radius 2 is 1.85 bits per heavy atom. The van der Waals surface area contributed by atoms with Gasteiger partial charge in [-0.3, -0.25) is 4.79 Å². The first-order valence-corrected chi connectivity index (χ1v) is 6.78. The number of rotatable bonds is 9. The fourth-order valence-electron chi connectivity index (χ4n) is 1.58. The summed E-state index contributed by atoms with van der Waals surface area (Å²) in [5.41, 5.74) is 0.582. The zero-order valence-corrected chi connectivity index (χ0v) is 12.3. The van der Waals surface area contributed by atoms with Crippen molar-refractivity contribution in [3.8, 4) is 5.75 Å².